The SMILES string of the molecule is O=C(CC(=O)N1CCn2c(nnc2C(F)(F)F)C1)Cc1ccccc1. The first-order valence-electron chi connectivity index (χ1n) is 7.67. The number of carbonyl (C=O) groups is 2. The molecule has 2 aromatic rings. The first kappa shape index (κ1) is 17.1. The van der Waals surface area contributed by atoms with Crippen LogP contribution in [0.25, 0.3) is 0 Å². The Morgan fingerprint density at radius 3 is 2.48 bits per heavy atom. The molecule has 0 saturated carbocycles. The smallest absolute Gasteiger partial charge is 0.333 e. The number of carbonyl (C=O) groups excluding carboxylic acids is 2. The Kier molecular flexibility index (Phi) is 4.56. The van der Waals surface area contributed by atoms with E-state index in [1.165, 1.54) is 4.90 Å². The fourth-order valence-electron chi connectivity index (χ4n) is 2.75. The summed E-state index contributed by atoms with van der Waals surface area (Å²) in [7, 11) is 0. The first-order chi connectivity index (χ1) is 11.8. The van der Waals surface area contributed by atoms with Gasteiger partial charge < -0.3 is 9.47 Å². The van der Waals surface area contributed by atoms with Crippen LogP contribution in [0.2, 0.25) is 0 Å². The third-order valence-electron chi connectivity index (χ3n) is 3.95. The van der Waals surface area contributed by atoms with Gasteiger partial charge in [0.25, 0.3) is 0 Å². The summed E-state index contributed by atoms with van der Waals surface area (Å²) in [5.41, 5.74) is 0.813. The maximum Gasteiger partial charge on any atom is 0.451 e. The molecule has 1 aliphatic rings. The minimum Gasteiger partial charge on any atom is -0.333 e. The first-order valence-corrected chi connectivity index (χ1v) is 7.67. The van der Waals surface area contributed by atoms with E-state index in [0.29, 0.717) is 0 Å². The van der Waals surface area contributed by atoms with E-state index in [-0.39, 0.29) is 44.1 Å². The molecule has 3 rings (SSSR count). The van der Waals surface area contributed by atoms with Gasteiger partial charge in [0.2, 0.25) is 11.7 Å². The lowest BCUT2D eigenvalue weighted by Crippen LogP contribution is -2.40. The van der Waals surface area contributed by atoms with Gasteiger partial charge in [0.15, 0.2) is 5.82 Å². The average Bonchev–Trinajstić information content (AvgIpc) is 2.98. The van der Waals surface area contributed by atoms with Crippen LogP contribution in [0.5, 0.6) is 0 Å². The molecule has 6 nitrogen and oxygen atoms in total. The van der Waals surface area contributed by atoms with Gasteiger partial charge in [-0.3, -0.25) is 9.59 Å². The van der Waals surface area contributed by atoms with Crippen LogP contribution in [0.1, 0.15) is 23.6 Å². The predicted molar refractivity (Wildman–Crippen MR) is 80.2 cm³/mol. The normalized spacial score (nSPS) is 14.3. The predicted octanol–water partition coefficient (Wildman–Crippen LogP) is 1.84. The second kappa shape index (κ2) is 6.66. The average molecular weight is 352 g/mol. The molecule has 0 saturated heterocycles. The molecule has 0 atom stereocenters. The molecule has 9 heteroatoms. The van der Waals surface area contributed by atoms with Crippen molar-refractivity contribution in [1.82, 2.24) is 19.7 Å². The number of Topliss-reactive ketones (excluding diaryl/α,β-unsaturated/α-hetero) is 1. The van der Waals surface area contributed by atoms with E-state index in [1.807, 2.05) is 6.07 Å². The minimum absolute atomic E-state index is 0.0458. The topological polar surface area (TPSA) is 68.1 Å². The highest BCUT2D eigenvalue weighted by atomic mass is 19.4. The Bertz CT molecular complexity index is 786. The van der Waals surface area contributed by atoms with Gasteiger partial charge in [-0.05, 0) is 5.56 Å². The quantitative estimate of drug-likeness (QED) is 0.788. The summed E-state index contributed by atoms with van der Waals surface area (Å²) in [4.78, 5) is 25.6. The van der Waals surface area contributed by atoms with Crippen molar-refractivity contribution in [3.8, 4) is 0 Å². The van der Waals surface area contributed by atoms with Crippen molar-refractivity contribution < 1.29 is 22.8 Å². The molecule has 132 valence electrons. The van der Waals surface area contributed by atoms with Crippen molar-refractivity contribution in [2.24, 2.45) is 0 Å². The molecule has 0 N–H and O–H groups in total. The Morgan fingerprint density at radius 2 is 1.80 bits per heavy atom. The van der Waals surface area contributed by atoms with Crippen LogP contribution in [0.3, 0.4) is 0 Å². The van der Waals surface area contributed by atoms with Crippen LogP contribution < -0.4 is 0 Å². The fourth-order valence-corrected chi connectivity index (χ4v) is 2.75. The number of nitrogens with zero attached hydrogens (tertiary/aromatic N) is 4. The molecule has 0 aliphatic carbocycles. The molecule has 1 aromatic carbocycles. The van der Waals surface area contributed by atoms with Crippen molar-refractivity contribution in [2.75, 3.05) is 6.54 Å². The fraction of sp³-hybridized carbons (Fsp3) is 0.375. The molecule has 1 aromatic heterocycles. The number of aromatic nitrogens is 3. The van der Waals surface area contributed by atoms with E-state index in [1.54, 1.807) is 24.3 Å². The summed E-state index contributed by atoms with van der Waals surface area (Å²) in [6.45, 7) is -0.0398. The summed E-state index contributed by atoms with van der Waals surface area (Å²) in [6, 6.07) is 9.04. The number of alkyl halides is 3. The molecule has 0 spiro atoms. The summed E-state index contributed by atoms with van der Waals surface area (Å²) in [6.07, 6.45) is -4.72. The number of amides is 1. The van der Waals surface area contributed by atoms with E-state index in [2.05, 4.69) is 10.2 Å². The zero-order valence-electron chi connectivity index (χ0n) is 13.2. The maximum absolute atomic E-state index is 12.8. The molecule has 0 radical (unpaired) electrons. The molecule has 0 fully saturated rings. The van der Waals surface area contributed by atoms with E-state index >= 15 is 0 Å². The number of halogens is 3. The highest BCUT2D eigenvalue weighted by Gasteiger charge is 2.39. The lowest BCUT2D eigenvalue weighted by atomic mass is 10.1. The van der Waals surface area contributed by atoms with Gasteiger partial charge in [-0.25, -0.2) is 0 Å². The number of rotatable bonds is 4. The van der Waals surface area contributed by atoms with Crippen molar-refractivity contribution in [1.29, 1.82) is 0 Å². The van der Waals surface area contributed by atoms with Gasteiger partial charge in [-0.1, -0.05) is 30.3 Å². The number of hydrogen-bond acceptors (Lipinski definition) is 4. The zero-order valence-corrected chi connectivity index (χ0v) is 13.2. The third kappa shape index (κ3) is 3.86. The van der Waals surface area contributed by atoms with E-state index in [4.69, 9.17) is 0 Å². The van der Waals surface area contributed by atoms with Gasteiger partial charge in [-0.15, -0.1) is 10.2 Å². The Balaban J connectivity index is 1.61. The van der Waals surface area contributed by atoms with E-state index in [0.717, 1.165) is 10.1 Å². The standard InChI is InChI=1S/C16H15F3N4O2/c17-16(18,19)15-21-20-13-10-22(6-7-23(13)15)14(25)9-12(24)8-11-4-2-1-3-5-11/h1-5H,6-10H2. The van der Waals surface area contributed by atoms with Crippen molar-refractivity contribution in [3.63, 3.8) is 0 Å². The number of benzene rings is 1. The third-order valence-corrected chi connectivity index (χ3v) is 3.95. The molecular weight excluding hydrogens is 337 g/mol. The highest BCUT2D eigenvalue weighted by molar-refractivity contribution is 5.98. The van der Waals surface area contributed by atoms with E-state index in [9.17, 15) is 22.8 Å². The summed E-state index contributed by atoms with van der Waals surface area (Å²) in [5.74, 6) is -1.64. The van der Waals surface area contributed by atoms with Crippen LogP contribution >= 0.6 is 0 Å². The van der Waals surface area contributed by atoms with Crippen LogP contribution in [0.4, 0.5) is 13.2 Å². The second-order valence-corrected chi connectivity index (χ2v) is 5.78. The van der Waals surface area contributed by atoms with Gasteiger partial charge in [0.1, 0.15) is 5.78 Å². The zero-order chi connectivity index (χ0) is 18.0. The Labute approximate surface area is 141 Å². The van der Waals surface area contributed by atoms with Gasteiger partial charge in [0.05, 0.1) is 13.0 Å². The summed E-state index contributed by atoms with van der Waals surface area (Å²) in [5, 5.41) is 6.68. The second-order valence-electron chi connectivity index (χ2n) is 5.78. The maximum atomic E-state index is 12.8. The van der Waals surface area contributed by atoms with Crippen LogP contribution in [-0.2, 0) is 35.3 Å². The van der Waals surface area contributed by atoms with Gasteiger partial charge >= 0.3 is 6.18 Å². The lowest BCUT2D eigenvalue weighted by Gasteiger charge is -2.27. The molecule has 0 bridgehead atoms. The van der Waals surface area contributed by atoms with E-state index < -0.39 is 17.9 Å². The molecule has 1 amide bonds. The van der Waals surface area contributed by atoms with Gasteiger partial charge in [-0.2, -0.15) is 13.2 Å². The number of hydrogen-bond donors (Lipinski definition) is 0. The van der Waals surface area contributed by atoms with Crippen molar-refractivity contribution in [2.45, 2.75) is 32.1 Å². The molecular formula is C16H15F3N4O2. The minimum atomic E-state index is -4.58. The summed E-state index contributed by atoms with van der Waals surface area (Å²) < 4.78 is 39.4. The summed E-state index contributed by atoms with van der Waals surface area (Å²) >= 11 is 0. The Morgan fingerprint density at radius 1 is 1.08 bits per heavy atom. The van der Waals surface area contributed by atoms with Gasteiger partial charge in [0, 0.05) is 19.5 Å². The monoisotopic (exact) mass is 352 g/mol. The van der Waals surface area contributed by atoms with Crippen molar-refractivity contribution >= 4 is 11.7 Å². The Hall–Kier alpha value is -2.71. The van der Waals surface area contributed by atoms with Crippen LogP contribution in [-0.4, -0.2) is 37.9 Å². The van der Waals surface area contributed by atoms with Crippen LogP contribution in [0, 0.1) is 0 Å². The highest BCUT2D eigenvalue weighted by Crippen LogP contribution is 2.29. The van der Waals surface area contributed by atoms with Crippen molar-refractivity contribution in [3.05, 3.63) is 47.5 Å². The van der Waals surface area contributed by atoms with Crippen LogP contribution in [0.15, 0.2) is 30.3 Å². The largest absolute Gasteiger partial charge is 0.451 e. The molecule has 25 heavy (non-hydrogen) atoms. The molecule has 2 heterocycles. The number of ketones is 1. The molecule has 1 aliphatic heterocycles. The number of fused-ring (bicyclic) bond motifs is 1. The lowest BCUT2D eigenvalue weighted by molar-refractivity contribution is -0.148. The molecule has 0 unspecified atom stereocenters.